The highest BCUT2D eigenvalue weighted by atomic mass is 15.0. The average Bonchev–Trinajstić information content (AvgIpc) is 2.30. The molecule has 1 aromatic heterocycles. The zero-order valence-corrected chi connectivity index (χ0v) is 8.76. The fourth-order valence-corrected chi connectivity index (χ4v) is 1.50. The van der Waals surface area contributed by atoms with Crippen molar-refractivity contribution < 1.29 is 0 Å². The van der Waals surface area contributed by atoms with E-state index in [0.717, 1.165) is 0 Å². The summed E-state index contributed by atoms with van der Waals surface area (Å²) >= 11 is 0. The van der Waals surface area contributed by atoms with Crippen molar-refractivity contribution in [3.8, 4) is 0 Å². The molecule has 1 heterocycles. The maximum Gasteiger partial charge on any atom is 0.0274 e. The Morgan fingerprint density at radius 3 is 1.92 bits per heavy atom. The van der Waals surface area contributed by atoms with Crippen LogP contribution in [0.5, 0.6) is 0 Å². The highest BCUT2D eigenvalue weighted by Gasteiger charge is 2.07. The van der Waals surface area contributed by atoms with Crippen LogP contribution in [0.15, 0.2) is 12.4 Å². The van der Waals surface area contributed by atoms with Gasteiger partial charge in [0, 0.05) is 18.4 Å². The minimum atomic E-state index is 0.580. The van der Waals surface area contributed by atoms with Gasteiger partial charge in [-0.05, 0) is 37.8 Å². The molecule has 0 saturated carbocycles. The second-order valence-electron chi connectivity index (χ2n) is 4.09. The summed E-state index contributed by atoms with van der Waals surface area (Å²) in [5, 5.41) is 0. The van der Waals surface area contributed by atoms with Gasteiger partial charge in [-0.25, -0.2) is 0 Å². The molecule has 0 radical (unpaired) electrons. The van der Waals surface area contributed by atoms with E-state index in [-0.39, 0.29) is 0 Å². The Morgan fingerprint density at radius 1 is 1.08 bits per heavy atom. The molecule has 0 amide bonds. The maximum absolute atomic E-state index is 2.28. The standard InChI is InChI=1S/C11H19N/c1-8(2)11-7-12(9(3)4)6-10(11)5/h6-9H,1-5H3. The van der Waals surface area contributed by atoms with Gasteiger partial charge in [0.1, 0.15) is 0 Å². The zero-order valence-electron chi connectivity index (χ0n) is 8.76. The Morgan fingerprint density at radius 2 is 1.67 bits per heavy atom. The van der Waals surface area contributed by atoms with E-state index in [9.17, 15) is 0 Å². The number of rotatable bonds is 2. The zero-order chi connectivity index (χ0) is 9.30. The Hall–Kier alpha value is -0.720. The SMILES string of the molecule is Cc1cn(C(C)C)cc1C(C)C. The fourth-order valence-electron chi connectivity index (χ4n) is 1.50. The predicted molar refractivity (Wildman–Crippen MR) is 53.6 cm³/mol. The van der Waals surface area contributed by atoms with Crippen molar-refractivity contribution in [1.82, 2.24) is 4.57 Å². The number of hydrogen-bond donors (Lipinski definition) is 0. The van der Waals surface area contributed by atoms with Gasteiger partial charge >= 0.3 is 0 Å². The summed E-state index contributed by atoms with van der Waals surface area (Å²) in [6, 6.07) is 0.580. The lowest BCUT2D eigenvalue weighted by molar-refractivity contribution is 0.600. The summed E-state index contributed by atoms with van der Waals surface area (Å²) in [6.07, 6.45) is 4.50. The van der Waals surface area contributed by atoms with Gasteiger partial charge in [-0.3, -0.25) is 0 Å². The molecule has 0 aliphatic carbocycles. The molecule has 0 spiro atoms. The maximum atomic E-state index is 2.28. The summed E-state index contributed by atoms with van der Waals surface area (Å²) in [4.78, 5) is 0. The first-order valence-corrected chi connectivity index (χ1v) is 4.70. The molecule has 1 aromatic rings. The minimum Gasteiger partial charge on any atom is -0.351 e. The molecular formula is C11H19N. The Kier molecular flexibility index (Phi) is 2.61. The van der Waals surface area contributed by atoms with Crippen molar-refractivity contribution in [2.45, 2.75) is 46.6 Å². The van der Waals surface area contributed by atoms with Gasteiger partial charge in [0.25, 0.3) is 0 Å². The van der Waals surface area contributed by atoms with Crippen LogP contribution in [0.1, 0.15) is 50.8 Å². The van der Waals surface area contributed by atoms with Gasteiger partial charge in [-0.2, -0.15) is 0 Å². The molecule has 0 atom stereocenters. The van der Waals surface area contributed by atoms with Crippen LogP contribution < -0.4 is 0 Å². The van der Waals surface area contributed by atoms with Crippen molar-refractivity contribution in [2.75, 3.05) is 0 Å². The summed E-state index contributed by atoms with van der Waals surface area (Å²) in [7, 11) is 0. The van der Waals surface area contributed by atoms with Gasteiger partial charge in [0.15, 0.2) is 0 Å². The number of aromatic nitrogens is 1. The highest BCUT2D eigenvalue weighted by molar-refractivity contribution is 5.26. The molecule has 0 saturated heterocycles. The van der Waals surface area contributed by atoms with E-state index in [2.05, 4.69) is 51.6 Å². The third-order valence-corrected chi connectivity index (χ3v) is 2.30. The Bertz CT molecular complexity index is 256. The molecule has 0 unspecified atom stereocenters. The first-order valence-electron chi connectivity index (χ1n) is 4.70. The third-order valence-electron chi connectivity index (χ3n) is 2.30. The van der Waals surface area contributed by atoms with Gasteiger partial charge in [-0.15, -0.1) is 0 Å². The molecule has 1 rings (SSSR count). The second-order valence-corrected chi connectivity index (χ2v) is 4.09. The lowest BCUT2D eigenvalue weighted by Gasteiger charge is -2.06. The molecule has 0 aliphatic rings. The van der Waals surface area contributed by atoms with E-state index in [1.54, 1.807) is 0 Å². The molecule has 1 heteroatoms. The monoisotopic (exact) mass is 165 g/mol. The van der Waals surface area contributed by atoms with Crippen LogP contribution in [0.4, 0.5) is 0 Å². The molecule has 0 aliphatic heterocycles. The summed E-state index contributed by atoms with van der Waals surface area (Å²) < 4.78 is 2.28. The minimum absolute atomic E-state index is 0.580. The van der Waals surface area contributed by atoms with E-state index < -0.39 is 0 Å². The summed E-state index contributed by atoms with van der Waals surface area (Å²) in [5.74, 6) is 0.644. The molecule has 0 aromatic carbocycles. The number of nitrogens with zero attached hydrogens (tertiary/aromatic N) is 1. The van der Waals surface area contributed by atoms with Crippen LogP contribution in [0, 0.1) is 6.92 Å². The van der Waals surface area contributed by atoms with Crippen LogP contribution in [-0.2, 0) is 0 Å². The average molecular weight is 165 g/mol. The van der Waals surface area contributed by atoms with Crippen LogP contribution in [0.2, 0.25) is 0 Å². The molecule has 0 N–H and O–H groups in total. The van der Waals surface area contributed by atoms with Crippen LogP contribution in [-0.4, -0.2) is 4.57 Å². The fraction of sp³-hybridized carbons (Fsp3) is 0.636. The van der Waals surface area contributed by atoms with Crippen molar-refractivity contribution in [3.63, 3.8) is 0 Å². The predicted octanol–water partition coefficient (Wildman–Crippen LogP) is 3.50. The van der Waals surface area contributed by atoms with Gasteiger partial charge in [0.2, 0.25) is 0 Å². The highest BCUT2D eigenvalue weighted by Crippen LogP contribution is 2.21. The number of aryl methyl sites for hydroxylation is 1. The van der Waals surface area contributed by atoms with Crippen LogP contribution in [0.3, 0.4) is 0 Å². The van der Waals surface area contributed by atoms with Crippen molar-refractivity contribution in [2.24, 2.45) is 0 Å². The molecule has 0 fully saturated rings. The quantitative estimate of drug-likeness (QED) is 0.632. The van der Waals surface area contributed by atoms with Gasteiger partial charge < -0.3 is 4.57 Å². The first kappa shape index (κ1) is 9.37. The van der Waals surface area contributed by atoms with Crippen molar-refractivity contribution in [1.29, 1.82) is 0 Å². The summed E-state index contributed by atoms with van der Waals surface area (Å²) in [6.45, 7) is 11.1. The lowest BCUT2D eigenvalue weighted by atomic mass is 10.0. The van der Waals surface area contributed by atoms with Crippen LogP contribution in [0.25, 0.3) is 0 Å². The smallest absolute Gasteiger partial charge is 0.0274 e. The van der Waals surface area contributed by atoms with Gasteiger partial charge in [0.05, 0.1) is 0 Å². The van der Waals surface area contributed by atoms with E-state index in [4.69, 9.17) is 0 Å². The van der Waals surface area contributed by atoms with Crippen LogP contribution >= 0.6 is 0 Å². The van der Waals surface area contributed by atoms with Crippen molar-refractivity contribution >= 4 is 0 Å². The Balaban J connectivity index is 3.00. The second kappa shape index (κ2) is 3.34. The topological polar surface area (TPSA) is 4.93 Å². The van der Waals surface area contributed by atoms with E-state index >= 15 is 0 Å². The molecule has 12 heavy (non-hydrogen) atoms. The number of hydrogen-bond acceptors (Lipinski definition) is 0. The normalized spacial score (nSPS) is 11.6. The van der Waals surface area contributed by atoms with E-state index in [0.29, 0.717) is 12.0 Å². The Labute approximate surface area is 75.4 Å². The van der Waals surface area contributed by atoms with Crippen molar-refractivity contribution in [3.05, 3.63) is 23.5 Å². The van der Waals surface area contributed by atoms with Gasteiger partial charge in [-0.1, -0.05) is 13.8 Å². The lowest BCUT2D eigenvalue weighted by Crippen LogP contribution is -1.96. The van der Waals surface area contributed by atoms with E-state index in [1.165, 1.54) is 11.1 Å². The molecular weight excluding hydrogens is 146 g/mol. The third kappa shape index (κ3) is 1.71. The summed E-state index contributed by atoms with van der Waals surface area (Å²) in [5.41, 5.74) is 2.89. The molecule has 68 valence electrons. The van der Waals surface area contributed by atoms with E-state index in [1.807, 2.05) is 0 Å². The molecule has 1 nitrogen and oxygen atoms in total. The largest absolute Gasteiger partial charge is 0.351 e. The molecule has 0 bridgehead atoms. The first-order chi connectivity index (χ1) is 5.52.